The van der Waals surface area contributed by atoms with E-state index in [0.717, 1.165) is 0 Å². The third-order valence-electron chi connectivity index (χ3n) is 3.09. The highest BCUT2D eigenvalue weighted by Gasteiger charge is 2.08. The fraction of sp³-hybridized carbons (Fsp3) is 0.0556. The molecule has 0 fully saturated rings. The van der Waals surface area contributed by atoms with Gasteiger partial charge < -0.3 is 15.4 Å². The molecule has 2 aromatic carbocycles. The molecule has 6 heteroatoms. The first-order valence-electron chi connectivity index (χ1n) is 7.05. The molecule has 0 aliphatic carbocycles. The van der Waals surface area contributed by atoms with Crippen molar-refractivity contribution in [3.05, 3.63) is 71.9 Å². The third-order valence-corrected chi connectivity index (χ3v) is 3.09. The summed E-state index contributed by atoms with van der Waals surface area (Å²) in [7, 11) is 1.21. The minimum atomic E-state index is -0.711. The molecule has 2 rings (SSSR count). The van der Waals surface area contributed by atoms with Crippen molar-refractivity contribution >= 4 is 23.3 Å². The summed E-state index contributed by atoms with van der Waals surface area (Å²) in [5.74, 6) is -0.912. The van der Waals surface area contributed by atoms with Crippen LogP contribution in [0.4, 0.5) is 11.4 Å². The van der Waals surface area contributed by atoms with Gasteiger partial charge in [0.2, 0.25) is 0 Å². The van der Waals surface area contributed by atoms with Crippen molar-refractivity contribution in [3.8, 4) is 6.07 Å². The lowest BCUT2D eigenvalue weighted by atomic mass is 10.2. The highest BCUT2D eigenvalue weighted by Crippen LogP contribution is 2.15. The Morgan fingerprint density at radius 1 is 1.04 bits per heavy atom. The zero-order chi connectivity index (χ0) is 17.4. The Labute approximate surface area is 139 Å². The van der Waals surface area contributed by atoms with Crippen molar-refractivity contribution < 1.29 is 14.3 Å². The molecule has 0 radical (unpaired) electrons. The van der Waals surface area contributed by atoms with Crippen LogP contribution in [0, 0.1) is 11.3 Å². The van der Waals surface area contributed by atoms with Crippen LogP contribution in [0.1, 0.15) is 10.4 Å². The summed E-state index contributed by atoms with van der Waals surface area (Å²) in [6, 6.07) is 17.5. The Kier molecular flexibility index (Phi) is 5.70. The summed E-state index contributed by atoms with van der Waals surface area (Å²) in [6.07, 6.45) is 1.27. The summed E-state index contributed by atoms with van der Waals surface area (Å²) in [4.78, 5) is 23.3. The average Bonchev–Trinajstić information content (AvgIpc) is 2.64. The second-order valence-corrected chi connectivity index (χ2v) is 4.70. The number of hydrogen-bond acceptors (Lipinski definition) is 5. The highest BCUT2D eigenvalue weighted by molar-refractivity contribution is 6.04. The number of esters is 1. The molecule has 0 saturated heterocycles. The first kappa shape index (κ1) is 16.8. The maximum Gasteiger partial charge on any atom is 0.350 e. The maximum absolute atomic E-state index is 12.0. The number of ether oxygens (including phenoxy) is 1. The molecule has 2 N–H and O–H groups in total. The van der Waals surface area contributed by atoms with Crippen molar-refractivity contribution in [3.63, 3.8) is 0 Å². The molecular formula is C18H15N3O3. The molecule has 120 valence electrons. The zero-order valence-electron chi connectivity index (χ0n) is 12.9. The van der Waals surface area contributed by atoms with Gasteiger partial charge in [0, 0.05) is 23.1 Å². The van der Waals surface area contributed by atoms with E-state index in [4.69, 9.17) is 5.26 Å². The Morgan fingerprint density at radius 2 is 1.67 bits per heavy atom. The molecule has 6 nitrogen and oxygen atoms in total. The number of amides is 1. The van der Waals surface area contributed by atoms with Crippen LogP contribution in [-0.2, 0) is 9.53 Å². The number of carbonyl (C=O) groups is 2. The zero-order valence-corrected chi connectivity index (χ0v) is 12.9. The molecule has 0 unspecified atom stereocenters. The summed E-state index contributed by atoms with van der Waals surface area (Å²) >= 11 is 0. The molecule has 0 saturated carbocycles. The Bertz CT molecular complexity index is 791. The maximum atomic E-state index is 12.0. The van der Waals surface area contributed by atoms with Crippen molar-refractivity contribution in [2.24, 2.45) is 0 Å². The van der Waals surface area contributed by atoms with Crippen molar-refractivity contribution in [2.75, 3.05) is 17.7 Å². The second-order valence-electron chi connectivity index (χ2n) is 4.70. The normalized spacial score (nSPS) is 10.4. The van der Waals surface area contributed by atoms with Gasteiger partial charge in [0.05, 0.1) is 7.11 Å². The summed E-state index contributed by atoms with van der Waals surface area (Å²) in [5, 5.41) is 14.5. The fourth-order valence-electron chi connectivity index (χ4n) is 1.84. The van der Waals surface area contributed by atoms with Crippen molar-refractivity contribution in [1.82, 2.24) is 0 Å². The van der Waals surface area contributed by atoms with E-state index in [1.807, 2.05) is 6.07 Å². The minimum absolute atomic E-state index is 0.140. The van der Waals surface area contributed by atoms with E-state index in [1.54, 1.807) is 54.6 Å². The Balaban J connectivity index is 2.01. The van der Waals surface area contributed by atoms with Crippen LogP contribution in [0.5, 0.6) is 0 Å². The lowest BCUT2D eigenvalue weighted by molar-refractivity contribution is -0.135. The van der Waals surface area contributed by atoms with Crippen LogP contribution in [0.25, 0.3) is 0 Å². The highest BCUT2D eigenvalue weighted by atomic mass is 16.5. The molecule has 0 aliphatic heterocycles. The van der Waals surface area contributed by atoms with Gasteiger partial charge in [0.25, 0.3) is 5.91 Å². The molecule has 2 aromatic rings. The van der Waals surface area contributed by atoms with Gasteiger partial charge in [-0.2, -0.15) is 5.26 Å². The standard InChI is InChI=1S/C18H15N3O3/c1-24-18(23)14(11-19)12-20-15-7-9-16(10-8-15)21-17(22)13-5-3-2-4-6-13/h2-10,12,20H,1H3,(H,21,22)/b14-12-. The summed E-state index contributed by atoms with van der Waals surface area (Å²) < 4.78 is 4.48. The number of nitrogens with one attached hydrogen (secondary N) is 2. The number of nitrogens with zero attached hydrogens (tertiary/aromatic N) is 1. The molecular weight excluding hydrogens is 306 g/mol. The van der Waals surface area contributed by atoms with E-state index in [0.29, 0.717) is 16.9 Å². The molecule has 0 spiro atoms. The smallest absolute Gasteiger partial charge is 0.350 e. The number of benzene rings is 2. The van der Waals surface area contributed by atoms with Crippen molar-refractivity contribution in [2.45, 2.75) is 0 Å². The molecule has 24 heavy (non-hydrogen) atoms. The lowest BCUT2D eigenvalue weighted by Crippen LogP contribution is -2.11. The van der Waals surface area contributed by atoms with Crippen LogP contribution >= 0.6 is 0 Å². The van der Waals surface area contributed by atoms with E-state index < -0.39 is 5.97 Å². The van der Waals surface area contributed by atoms with E-state index in [9.17, 15) is 9.59 Å². The van der Waals surface area contributed by atoms with E-state index >= 15 is 0 Å². The van der Waals surface area contributed by atoms with Gasteiger partial charge in [-0.15, -0.1) is 0 Å². The Hall–Kier alpha value is -3.59. The molecule has 0 bridgehead atoms. The number of nitriles is 1. The van der Waals surface area contributed by atoms with Crippen LogP contribution in [-0.4, -0.2) is 19.0 Å². The van der Waals surface area contributed by atoms with Gasteiger partial charge in [0.1, 0.15) is 6.07 Å². The first-order chi connectivity index (χ1) is 11.6. The minimum Gasteiger partial charge on any atom is -0.465 e. The van der Waals surface area contributed by atoms with Gasteiger partial charge in [0.15, 0.2) is 5.57 Å². The van der Waals surface area contributed by atoms with Crippen LogP contribution in [0.2, 0.25) is 0 Å². The predicted octanol–water partition coefficient (Wildman–Crippen LogP) is 2.93. The summed E-state index contributed by atoms with van der Waals surface area (Å²) in [5.41, 5.74) is 1.72. The van der Waals surface area contributed by atoms with E-state index in [1.165, 1.54) is 13.3 Å². The number of methoxy groups -OCH3 is 1. The van der Waals surface area contributed by atoms with Gasteiger partial charge in [-0.25, -0.2) is 4.79 Å². The van der Waals surface area contributed by atoms with E-state index in [-0.39, 0.29) is 11.5 Å². The first-order valence-corrected chi connectivity index (χ1v) is 7.05. The largest absolute Gasteiger partial charge is 0.465 e. The number of rotatable bonds is 5. The fourth-order valence-corrected chi connectivity index (χ4v) is 1.84. The number of anilines is 2. The van der Waals surface area contributed by atoms with Crippen LogP contribution in [0.15, 0.2) is 66.4 Å². The van der Waals surface area contributed by atoms with Crippen LogP contribution in [0.3, 0.4) is 0 Å². The molecule has 0 atom stereocenters. The molecule has 0 heterocycles. The van der Waals surface area contributed by atoms with Crippen LogP contribution < -0.4 is 10.6 Å². The van der Waals surface area contributed by atoms with Gasteiger partial charge >= 0.3 is 5.97 Å². The van der Waals surface area contributed by atoms with Gasteiger partial charge in [-0.05, 0) is 36.4 Å². The topological polar surface area (TPSA) is 91.2 Å². The molecule has 1 amide bonds. The van der Waals surface area contributed by atoms with E-state index in [2.05, 4.69) is 15.4 Å². The van der Waals surface area contributed by atoms with Crippen molar-refractivity contribution in [1.29, 1.82) is 5.26 Å². The monoisotopic (exact) mass is 321 g/mol. The Morgan fingerprint density at radius 3 is 2.25 bits per heavy atom. The van der Waals surface area contributed by atoms with Gasteiger partial charge in [-0.1, -0.05) is 18.2 Å². The average molecular weight is 321 g/mol. The molecule has 0 aliphatic rings. The SMILES string of the molecule is COC(=O)/C(C#N)=C\Nc1ccc(NC(=O)c2ccccc2)cc1. The third kappa shape index (κ3) is 4.45. The number of hydrogen-bond donors (Lipinski definition) is 2. The number of carbonyl (C=O) groups excluding carboxylic acids is 2. The quantitative estimate of drug-likeness (QED) is 0.502. The van der Waals surface area contributed by atoms with Gasteiger partial charge in [-0.3, -0.25) is 4.79 Å². The predicted molar refractivity (Wildman–Crippen MR) is 90.2 cm³/mol. The summed E-state index contributed by atoms with van der Waals surface area (Å²) in [6.45, 7) is 0. The lowest BCUT2D eigenvalue weighted by Gasteiger charge is -2.07. The second kappa shape index (κ2) is 8.15. The molecule has 0 aromatic heterocycles.